The number of fused-ring (bicyclic) bond motifs is 1. The van der Waals surface area contributed by atoms with Gasteiger partial charge in [-0.05, 0) is 20.8 Å². The molecule has 5 nitrogen and oxygen atoms in total. The zero-order valence-corrected chi connectivity index (χ0v) is 9.06. The first-order valence-corrected chi connectivity index (χ1v) is 4.88. The fraction of sp³-hybridized carbons (Fsp3) is 0.600. The van der Waals surface area contributed by atoms with E-state index in [1.165, 1.54) is 6.07 Å². The van der Waals surface area contributed by atoms with Gasteiger partial charge in [0, 0.05) is 12.3 Å². The molecule has 0 aromatic carbocycles. The van der Waals surface area contributed by atoms with Crippen LogP contribution in [0.25, 0.3) is 0 Å². The van der Waals surface area contributed by atoms with E-state index in [0.29, 0.717) is 12.6 Å². The van der Waals surface area contributed by atoms with Crippen LogP contribution in [0.2, 0.25) is 0 Å². The minimum Gasteiger partial charge on any atom is -0.461 e. The summed E-state index contributed by atoms with van der Waals surface area (Å²) in [4.78, 5) is 14.9. The Hall–Kier alpha value is -1.36. The van der Waals surface area contributed by atoms with Gasteiger partial charge >= 0.3 is 6.01 Å². The van der Waals surface area contributed by atoms with Crippen molar-refractivity contribution >= 4 is 0 Å². The molecule has 0 unspecified atom stereocenters. The molecule has 0 amide bonds. The van der Waals surface area contributed by atoms with Crippen LogP contribution in [0.5, 0.6) is 6.01 Å². The third kappa shape index (κ3) is 2.02. The highest BCUT2D eigenvalue weighted by Crippen LogP contribution is 2.26. The number of rotatable bonds is 0. The Labute approximate surface area is 87.7 Å². The molecule has 0 N–H and O–H groups in total. The topological polar surface area (TPSA) is 53.4 Å². The van der Waals surface area contributed by atoms with E-state index in [1.54, 1.807) is 10.8 Å². The van der Waals surface area contributed by atoms with E-state index in [9.17, 15) is 4.79 Å². The van der Waals surface area contributed by atoms with Crippen LogP contribution >= 0.6 is 0 Å². The van der Waals surface area contributed by atoms with Crippen LogP contribution < -0.4 is 10.3 Å². The van der Waals surface area contributed by atoms with Gasteiger partial charge in [0.05, 0.1) is 5.60 Å². The molecule has 2 heterocycles. The highest BCUT2D eigenvalue weighted by Gasteiger charge is 2.28. The van der Waals surface area contributed by atoms with Gasteiger partial charge in [0.1, 0.15) is 12.8 Å². The van der Waals surface area contributed by atoms with Crippen molar-refractivity contribution in [2.24, 2.45) is 0 Å². The Morgan fingerprint density at radius 2 is 2.33 bits per heavy atom. The summed E-state index contributed by atoms with van der Waals surface area (Å²) in [6.07, 6.45) is 1.45. The highest BCUT2D eigenvalue weighted by molar-refractivity contribution is 5.02. The largest absolute Gasteiger partial charge is 0.461 e. The van der Waals surface area contributed by atoms with Crippen molar-refractivity contribution in [3.63, 3.8) is 0 Å². The molecule has 0 radical (unpaired) electrons. The second-order valence-corrected chi connectivity index (χ2v) is 4.22. The predicted octanol–water partition coefficient (Wildman–Crippen LogP) is 0.949. The summed E-state index contributed by atoms with van der Waals surface area (Å²) < 4.78 is 12.9. The van der Waals surface area contributed by atoms with Gasteiger partial charge in [0.15, 0.2) is 0 Å². The lowest BCUT2D eigenvalue weighted by Crippen LogP contribution is -2.31. The van der Waals surface area contributed by atoms with Gasteiger partial charge in [-0.1, -0.05) is 0 Å². The molecule has 1 aromatic rings. The number of nitrogens with zero attached hydrogens (tertiary/aromatic N) is 2. The minimum atomic E-state index is -0.379. The third-order valence-corrected chi connectivity index (χ3v) is 2.23. The second-order valence-electron chi connectivity index (χ2n) is 4.22. The number of hydrogen-bond donors (Lipinski definition) is 0. The molecule has 5 heteroatoms. The molecule has 0 aliphatic carbocycles. The number of hydrogen-bond acceptors (Lipinski definition) is 4. The molecule has 82 valence electrons. The minimum absolute atomic E-state index is 0.189. The summed E-state index contributed by atoms with van der Waals surface area (Å²) in [7, 11) is 0. The Balaban J connectivity index is 2.43. The maximum absolute atomic E-state index is 11.1. The smallest absolute Gasteiger partial charge is 0.301 e. The van der Waals surface area contributed by atoms with E-state index in [1.807, 2.05) is 20.8 Å². The Morgan fingerprint density at radius 3 is 3.07 bits per heavy atom. The van der Waals surface area contributed by atoms with Crippen molar-refractivity contribution in [1.82, 2.24) is 9.55 Å². The monoisotopic (exact) mass is 210 g/mol. The van der Waals surface area contributed by atoms with E-state index in [-0.39, 0.29) is 17.4 Å². The second kappa shape index (κ2) is 3.34. The molecule has 0 saturated heterocycles. The van der Waals surface area contributed by atoms with Crippen LogP contribution in [0.15, 0.2) is 17.1 Å². The zero-order valence-electron chi connectivity index (χ0n) is 9.06. The standard InChI is InChI=1S/C10H14N2O3/c1-7-12-5-4-8(13)11-9(12)14-6-10(2,3)15-7/h4-5,7H,6H2,1-3H3/t7-/m1/s1. The fourth-order valence-corrected chi connectivity index (χ4v) is 1.57. The van der Waals surface area contributed by atoms with Crippen molar-refractivity contribution in [2.75, 3.05) is 6.61 Å². The summed E-state index contributed by atoms with van der Waals surface area (Å²) in [6.45, 7) is 6.15. The molecule has 1 aliphatic rings. The molecule has 0 bridgehead atoms. The van der Waals surface area contributed by atoms with Crippen molar-refractivity contribution < 1.29 is 9.47 Å². The first-order chi connectivity index (χ1) is 6.98. The molecule has 1 aliphatic heterocycles. The van der Waals surface area contributed by atoms with Crippen LogP contribution in [-0.4, -0.2) is 21.8 Å². The van der Waals surface area contributed by atoms with Crippen molar-refractivity contribution in [2.45, 2.75) is 32.6 Å². The molecule has 0 saturated carbocycles. The Kier molecular flexibility index (Phi) is 2.26. The summed E-state index contributed by atoms with van der Waals surface area (Å²) in [5.74, 6) is 0. The van der Waals surface area contributed by atoms with E-state index in [0.717, 1.165) is 0 Å². The van der Waals surface area contributed by atoms with Gasteiger partial charge in [0.2, 0.25) is 0 Å². The number of ether oxygens (including phenoxy) is 2. The van der Waals surface area contributed by atoms with Gasteiger partial charge in [-0.25, -0.2) is 0 Å². The molecular formula is C10H14N2O3. The molecule has 2 rings (SSSR count). The van der Waals surface area contributed by atoms with E-state index in [4.69, 9.17) is 9.47 Å². The summed E-state index contributed by atoms with van der Waals surface area (Å²) in [5.41, 5.74) is -0.677. The molecule has 1 atom stereocenters. The van der Waals surface area contributed by atoms with Crippen LogP contribution in [0.1, 0.15) is 27.0 Å². The lowest BCUT2D eigenvalue weighted by Gasteiger charge is -2.24. The zero-order chi connectivity index (χ0) is 11.1. The predicted molar refractivity (Wildman–Crippen MR) is 53.9 cm³/mol. The third-order valence-electron chi connectivity index (χ3n) is 2.23. The van der Waals surface area contributed by atoms with Crippen molar-refractivity contribution in [3.8, 4) is 6.01 Å². The lowest BCUT2D eigenvalue weighted by molar-refractivity contribution is -0.0975. The van der Waals surface area contributed by atoms with Gasteiger partial charge < -0.3 is 9.47 Å². The lowest BCUT2D eigenvalue weighted by atomic mass is 10.1. The van der Waals surface area contributed by atoms with Crippen molar-refractivity contribution in [3.05, 3.63) is 22.6 Å². The Morgan fingerprint density at radius 1 is 1.60 bits per heavy atom. The van der Waals surface area contributed by atoms with Crippen LogP contribution in [-0.2, 0) is 4.74 Å². The molecule has 0 spiro atoms. The summed E-state index contributed by atoms with van der Waals surface area (Å²) in [5, 5.41) is 0. The Bertz CT molecular complexity index is 425. The van der Waals surface area contributed by atoms with Gasteiger partial charge in [-0.15, -0.1) is 0 Å². The molecule has 0 fully saturated rings. The SMILES string of the molecule is C[C@H]1OC(C)(C)COc2nc(=O)ccn21. The van der Waals surface area contributed by atoms with Gasteiger partial charge in [-0.2, -0.15) is 4.98 Å². The summed E-state index contributed by atoms with van der Waals surface area (Å²) in [6, 6.07) is 1.71. The van der Waals surface area contributed by atoms with Gasteiger partial charge in [0.25, 0.3) is 5.56 Å². The maximum atomic E-state index is 11.1. The average molecular weight is 210 g/mol. The van der Waals surface area contributed by atoms with Crippen LogP contribution in [0, 0.1) is 0 Å². The first kappa shape index (κ1) is 10.2. The fourth-order valence-electron chi connectivity index (χ4n) is 1.57. The van der Waals surface area contributed by atoms with Crippen molar-refractivity contribution in [1.29, 1.82) is 0 Å². The van der Waals surface area contributed by atoms with Crippen LogP contribution in [0.3, 0.4) is 0 Å². The first-order valence-electron chi connectivity index (χ1n) is 4.88. The maximum Gasteiger partial charge on any atom is 0.301 e. The molecule has 1 aromatic heterocycles. The van der Waals surface area contributed by atoms with E-state index >= 15 is 0 Å². The summed E-state index contributed by atoms with van der Waals surface area (Å²) >= 11 is 0. The van der Waals surface area contributed by atoms with Gasteiger partial charge in [-0.3, -0.25) is 9.36 Å². The van der Waals surface area contributed by atoms with Crippen LogP contribution in [0.4, 0.5) is 0 Å². The highest BCUT2D eigenvalue weighted by atomic mass is 16.6. The quantitative estimate of drug-likeness (QED) is 0.639. The molecule has 15 heavy (non-hydrogen) atoms. The van der Waals surface area contributed by atoms with E-state index in [2.05, 4.69) is 4.98 Å². The normalized spacial score (nSPS) is 23.8. The average Bonchev–Trinajstić information content (AvgIpc) is 2.23. The number of aromatic nitrogens is 2. The molecular weight excluding hydrogens is 196 g/mol. The van der Waals surface area contributed by atoms with E-state index < -0.39 is 0 Å².